The van der Waals surface area contributed by atoms with Crippen LogP contribution in [0.1, 0.15) is 6.92 Å². The van der Waals surface area contributed by atoms with Crippen LogP contribution in [0.4, 0.5) is 5.69 Å². The molecule has 0 amide bonds. The molecule has 0 aliphatic rings. The zero-order valence-electron chi connectivity index (χ0n) is 14.0. The van der Waals surface area contributed by atoms with Gasteiger partial charge >= 0.3 is 0 Å². The van der Waals surface area contributed by atoms with E-state index in [9.17, 15) is 5.11 Å². The largest absolute Gasteiger partial charge is 0.497 e. The molecule has 0 bridgehead atoms. The molecular weight excluding hydrogens is 302 g/mol. The summed E-state index contributed by atoms with van der Waals surface area (Å²) in [6.45, 7) is 3.89. The van der Waals surface area contributed by atoms with Gasteiger partial charge in [-0.15, -0.1) is 0 Å². The Bertz CT molecular complexity index is 833. The number of aliphatic hydroxyl groups excluding tert-OH is 1. The number of benzene rings is 2. The summed E-state index contributed by atoms with van der Waals surface area (Å²) in [5.41, 5.74) is 2.97. The minimum absolute atomic E-state index is 0.336. The zero-order valence-corrected chi connectivity index (χ0v) is 14.0. The van der Waals surface area contributed by atoms with E-state index in [0.29, 0.717) is 6.54 Å². The van der Waals surface area contributed by atoms with Gasteiger partial charge in [0.25, 0.3) is 0 Å². The Labute approximate surface area is 141 Å². The lowest BCUT2D eigenvalue weighted by Crippen LogP contribution is -2.29. The summed E-state index contributed by atoms with van der Waals surface area (Å²) in [6, 6.07) is 14.0. The molecule has 3 rings (SSSR count). The maximum absolute atomic E-state index is 9.30. The number of ether oxygens (including phenoxy) is 1. The number of anilines is 1. The van der Waals surface area contributed by atoms with E-state index in [1.807, 2.05) is 36.4 Å². The van der Waals surface area contributed by atoms with Crippen LogP contribution in [0, 0.1) is 0 Å². The molecule has 3 N–H and O–H groups in total. The van der Waals surface area contributed by atoms with Crippen LogP contribution in [0.3, 0.4) is 0 Å². The molecule has 1 aromatic heterocycles. The number of nitrogens with zero attached hydrogens (tertiary/aromatic N) is 1. The van der Waals surface area contributed by atoms with E-state index in [4.69, 9.17) is 9.72 Å². The number of nitrogens with one attached hydrogen (secondary N) is 2. The predicted octanol–water partition coefficient (Wildman–Crippen LogP) is 2.78. The summed E-state index contributed by atoms with van der Waals surface area (Å²) in [7, 11) is 1.67. The van der Waals surface area contributed by atoms with E-state index < -0.39 is 0 Å². The molecule has 0 saturated heterocycles. The first kappa shape index (κ1) is 16.5. The molecular formula is C19H23N3O2. The summed E-state index contributed by atoms with van der Waals surface area (Å²) in [6.07, 6.45) is -0.336. The van der Waals surface area contributed by atoms with E-state index in [-0.39, 0.29) is 6.10 Å². The van der Waals surface area contributed by atoms with Crippen LogP contribution in [0.5, 0.6) is 5.75 Å². The molecule has 0 fully saturated rings. The first-order valence-corrected chi connectivity index (χ1v) is 8.18. The van der Waals surface area contributed by atoms with E-state index in [2.05, 4.69) is 16.7 Å². The van der Waals surface area contributed by atoms with Gasteiger partial charge in [-0.1, -0.05) is 18.2 Å². The monoisotopic (exact) mass is 325 g/mol. The van der Waals surface area contributed by atoms with Crippen molar-refractivity contribution in [3.05, 3.63) is 42.5 Å². The fourth-order valence-corrected chi connectivity index (χ4v) is 2.77. The average Bonchev–Trinajstić information content (AvgIpc) is 2.60. The van der Waals surface area contributed by atoms with E-state index in [0.717, 1.165) is 46.3 Å². The fourth-order valence-electron chi connectivity index (χ4n) is 2.77. The highest BCUT2D eigenvalue weighted by atomic mass is 16.5. The second-order valence-corrected chi connectivity index (χ2v) is 5.87. The van der Waals surface area contributed by atoms with E-state index in [1.165, 1.54) is 0 Å². The quantitative estimate of drug-likeness (QED) is 0.460. The first-order valence-electron chi connectivity index (χ1n) is 8.18. The second kappa shape index (κ2) is 7.47. The second-order valence-electron chi connectivity index (χ2n) is 5.87. The first-order chi connectivity index (χ1) is 11.7. The third-order valence-corrected chi connectivity index (χ3v) is 3.93. The molecule has 0 aliphatic heterocycles. The number of hydrogen-bond donors (Lipinski definition) is 3. The lowest BCUT2D eigenvalue weighted by molar-refractivity contribution is 0.192. The van der Waals surface area contributed by atoms with Crippen molar-refractivity contribution < 1.29 is 9.84 Å². The number of pyridine rings is 1. The Hall–Kier alpha value is -2.37. The Morgan fingerprint density at radius 2 is 1.88 bits per heavy atom. The Morgan fingerprint density at radius 3 is 2.67 bits per heavy atom. The SMILES string of the molecule is COc1ccc2nc3ccccc3c(NCCNCC(C)O)c2c1. The van der Waals surface area contributed by atoms with Gasteiger partial charge in [-0.05, 0) is 31.2 Å². The van der Waals surface area contributed by atoms with E-state index >= 15 is 0 Å². The van der Waals surface area contributed by atoms with Crippen molar-refractivity contribution in [2.75, 3.05) is 32.1 Å². The van der Waals surface area contributed by atoms with Crippen molar-refractivity contribution in [1.29, 1.82) is 0 Å². The average molecular weight is 325 g/mol. The summed E-state index contributed by atoms with van der Waals surface area (Å²) >= 11 is 0. The van der Waals surface area contributed by atoms with Gasteiger partial charge in [-0.3, -0.25) is 0 Å². The van der Waals surface area contributed by atoms with Crippen LogP contribution in [0.2, 0.25) is 0 Å². The molecule has 1 heterocycles. The maximum atomic E-state index is 9.30. The van der Waals surface area contributed by atoms with Gasteiger partial charge in [-0.2, -0.15) is 0 Å². The lowest BCUT2D eigenvalue weighted by Gasteiger charge is -2.14. The molecule has 0 spiro atoms. The number of aliphatic hydroxyl groups is 1. The molecule has 5 nitrogen and oxygen atoms in total. The van der Waals surface area contributed by atoms with Crippen LogP contribution in [0.25, 0.3) is 21.8 Å². The molecule has 0 radical (unpaired) electrons. The van der Waals surface area contributed by atoms with Gasteiger partial charge in [0.2, 0.25) is 0 Å². The molecule has 1 atom stereocenters. The summed E-state index contributed by atoms with van der Waals surface area (Å²) in [5, 5.41) is 18.2. The van der Waals surface area contributed by atoms with Crippen molar-refractivity contribution in [3.63, 3.8) is 0 Å². The highest BCUT2D eigenvalue weighted by Gasteiger charge is 2.09. The van der Waals surface area contributed by atoms with Crippen LogP contribution in [-0.2, 0) is 0 Å². The fraction of sp³-hybridized carbons (Fsp3) is 0.316. The van der Waals surface area contributed by atoms with Gasteiger partial charge in [-0.25, -0.2) is 4.98 Å². The molecule has 0 aliphatic carbocycles. The number of hydrogen-bond acceptors (Lipinski definition) is 5. The number of para-hydroxylation sites is 1. The number of aromatic nitrogens is 1. The van der Waals surface area contributed by atoms with Gasteiger partial charge in [0.15, 0.2) is 0 Å². The Balaban J connectivity index is 1.94. The highest BCUT2D eigenvalue weighted by molar-refractivity contribution is 6.07. The van der Waals surface area contributed by atoms with Crippen molar-refractivity contribution >= 4 is 27.5 Å². The van der Waals surface area contributed by atoms with Crippen LogP contribution < -0.4 is 15.4 Å². The van der Waals surface area contributed by atoms with Gasteiger partial charge in [0.1, 0.15) is 5.75 Å². The summed E-state index contributed by atoms with van der Waals surface area (Å²) in [4.78, 5) is 4.74. The normalized spacial score (nSPS) is 12.5. The summed E-state index contributed by atoms with van der Waals surface area (Å²) in [5.74, 6) is 0.815. The van der Waals surface area contributed by atoms with Gasteiger partial charge in [0, 0.05) is 30.4 Å². The van der Waals surface area contributed by atoms with E-state index in [1.54, 1.807) is 14.0 Å². The zero-order chi connectivity index (χ0) is 16.9. The molecule has 0 saturated carbocycles. The Morgan fingerprint density at radius 1 is 1.08 bits per heavy atom. The van der Waals surface area contributed by atoms with Crippen LogP contribution >= 0.6 is 0 Å². The molecule has 2 aromatic carbocycles. The van der Waals surface area contributed by atoms with Crippen molar-refractivity contribution in [3.8, 4) is 5.75 Å². The molecule has 5 heteroatoms. The minimum Gasteiger partial charge on any atom is -0.497 e. The van der Waals surface area contributed by atoms with Crippen molar-refractivity contribution in [2.45, 2.75) is 13.0 Å². The highest BCUT2D eigenvalue weighted by Crippen LogP contribution is 2.32. The Kier molecular flexibility index (Phi) is 5.13. The van der Waals surface area contributed by atoms with Crippen molar-refractivity contribution in [2.24, 2.45) is 0 Å². The summed E-state index contributed by atoms with van der Waals surface area (Å²) < 4.78 is 5.36. The van der Waals surface area contributed by atoms with Crippen molar-refractivity contribution in [1.82, 2.24) is 10.3 Å². The maximum Gasteiger partial charge on any atom is 0.119 e. The predicted molar refractivity (Wildman–Crippen MR) is 98.8 cm³/mol. The van der Waals surface area contributed by atoms with Gasteiger partial charge < -0.3 is 20.5 Å². The van der Waals surface area contributed by atoms with Crippen LogP contribution in [0.15, 0.2) is 42.5 Å². The lowest BCUT2D eigenvalue weighted by atomic mass is 10.1. The number of fused-ring (bicyclic) bond motifs is 2. The topological polar surface area (TPSA) is 66.4 Å². The third kappa shape index (κ3) is 3.58. The number of rotatable bonds is 7. The number of methoxy groups -OCH3 is 1. The smallest absolute Gasteiger partial charge is 0.119 e. The molecule has 3 aromatic rings. The molecule has 1 unspecified atom stereocenters. The molecule has 24 heavy (non-hydrogen) atoms. The standard InChI is InChI=1S/C19H23N3O2/c1-13(23)12-20-9-10-21-19-15-5-3-4-6-17(15)22-18-8-7-14(24-2)11-16(18)19/h3-8,11,13,20,23H,9-10,12H2,1-2H3,(H,21,22). The molecule has 126 valence electrons. The third-order valence-electron chi connectivity index (χ3n) is 3.93. The minimum atomic E-state index is -0.336. The van der Waals surface area contributed by atoms with Crippen LogP contribution in [-0.4, -0.2) is 42.9 Å². The van der Waals surface area contributed by atoms with Gasteiger partial charge in [0.05, 0.1) is 29.9 Å².